The van der Waals surface area contributed by atoms with Crippen LogP contribution in [-0.2, 0) is 13.2 Å². The van der Waals surface area contributed by atoms with Gasteiger partial charge in [-0.05, 0) is 38.1 Å². The molecule has 0 spiro atoms. The number of aliphatic hydroxyl groups excluding tert-OH is 1. The van der Waals surface area contributed by atoms with E-state index in [4.69, 9.17) is 9.63 Å². The average molecular weight is 330 g/mol. The highest BCUT2D eigenvalue weighted by Crippen LogP contribution is 2.27. The smallest absolute Gasteiger partial charge is 0.252 e. The highest BCUT2D eigenvalue weighted by molar-refractivity contribution is 7.15. The van der Waals surface area contributed by atoms with Crippen LogP contribution in [0, 0.1) is 0 Å². The monoisotopic (exact) mass is 329 g/mol. The summed E-state index contributed by atoms with van der Waals surface area (Å²) < 4.78 is 4.93. The van der Waals surface area contributed by atoms with E-state index in [2.05, 4.69) is 21.1 Å². The van der Waals surface area contributed by atoms with Crippen LogP contribution in [0.25, 0.3) is 10.7 Å². The number of aliphatic hydroxyl groups is 1. The Labute approximate surface area is 134 Å². The van der Waals surface area contributed by atoms with E-state index in [0.29, 0.717) is 5.82 Å². The summed E-state index contributed by atoms with van der Waals surface area (Å²) in [7, 11) is 0. The summed E-state index contributed by atoms with van der Waals surface area (Å²) in [5.74, 6) is 0.837. The van der Waals surface area contributed by atoms with E-state index >= 15 is 0 Å². The lowest BCUT2D eigenvalue weighted by molar-refractivity contribution is 0.222. The summed E-state index contributed by atoms with van der Waals surface area (Å²) in [5.41, 5.74) is 0. The Bertz CT molecular complexity index is 550. The lowest BCUT2D eigenvalue weighted by Gasteiger charge is -2.18. The van der Waals surface area contributed by atoms with Gasteiger partial charge >= 0.3 is 0 Å². The molecule has 0 aromatic carbocycles. The normalized spacial score (nSPS) is 16.4. The minimum atomic E-state index is -0.209. The van der Waals surface area contributed by atoms with Gasteiger partial charge in [-0.15, -0.1) is 23.7 Å². The van der Waals surface area contributed by atoms with Gasteiger partial charge in [0.05, 0.1) is 4.88 Å². The van der Waals surface area contributed by atoms with Crippen molar-refractivity contribution in [2.24, 2.45) is 0 Å². The first-order valence-electron chi connectivity index (χ1n) is 7.10. The van der Waals surface area contributed by atoms with Gasteiger partial charge in [-0.2, -0.15) is 4.98 Å². The predicted octanol–water partition coefficient (Wildman–Crippen LogP) is 3.09. The van der Waals surface area contributed by atoms with Crippen LogP contribution in [0.5, 0.6) is 0 Å². The molecule has 1 fully saturated rings. The fourth-order valence-electron chi connectivity index (χ4n) is 2.52. The first-order valence-corrected chi connectivity index (χ1v) is 7.91. The van der Waals surface area contributed by atoms with Crippen molar-refractivity contribution in [2.75, 3.05) is 13.1 Å². The fraction of sp³-hybridized carbons (Fsp3) is 0.571. The van der Waals surface area contributed by atoms with Crippen LogP contribution in [0.15, 0.2) is 16.7 Å². The van der Waals surface area contributed by atoms with Gasteiger partial charge in [0.15, 0.2) is 0 Å². The molecule has 1 aliphatic heterocycles. The largest absolute Gasteiger partial charge is 0.387 e. The first-order chi connectivity index (χ1) is 9.85. The van der Waals surface area contributed by atoms with Gasteiger partial charge in [0, 0.05) is 11.4 Å². The highest BCUT2D eigenvalue weighted by Gasteiger charge is 2.13. The lowest BCUT2D eigenvalue weighted by Crippen LogP contribution is -2.23. The number of rotatable bonds is 4. The number of nitrogens with zero attached hydrogens (tertiary/aromatic N) is 3. The lowest BCUT2D eigenvalue weighted by atomic mass is 10.2. The molecule has 2 aromatic rings. The SMILES string of the molecule is Cl.OCc1nc(-c2ccc(CN3CCCCCC3)s2)no1. The van der Waals surface area contributed by atoms with Crippen molar-refractivity contribution < 1.29 is 9.63 Å². The molecule has 7 heteroatoms. The second-order valence-electron chi connectivity index (χ2n) is 5.13. The van der Waals surface area contributed by atoms with Crippen LogP contribution in [0.3, 0.4) is 0 Å². The Balaban J connectivity index is 0.00000161. The summed E-state index contributed by atoms with van der Waals surface area (Å²) in [6.45, 7) is 3.20. The third-order valence-corrected chi connectivity index (χ3v) is 4.63. The molecule has 3 heterocycles. The van der Waals surface area contributed by atoms with Gasteiger partial charge < -0.3 is 9.63 Å². The molecule has 0 saturated carbocycles. The Morgan fingerprint density at radius 3 is 2.62 bits per heavy atom. The Morgan fingerprint density at radius 2 is 1.95 bits per heavy atom. The second-order valence-corrected chi connectivity index (χ2v) is 6.29. The topological polar surface area (TPSA) is 62.4 Å². The summed E-state index contributed by atoms with van der Waals surface area (Å²) in [6, 6.07) is 4.17. The molecular weight excluding hydrogens is 310 g/mol. The van der Waals surface area contributed by atoms with Crippen molar-refractivity contribution in [3.8, 4) is 10.7 Å². The molecule has 1 aliphatic rings. The van der Waals surface area contributed by atoms with Crippen molar-refractivity contribution in [1.82, 2.24) is 15.0 Å². The van der Waals surface area contributed by atoms with Crippen molar-refractivity contribution >= 4 is 23.7 Å². The molecule has 0 atom stereocenters. The molecule has 116 valence electrons. The van der Waals surface area contributed by atoms with Crippen molar-refractivity contribution in [3.63, 3.8) is 0 Å². The highest BCUT2D eigenvalue weighted by atomic mass is 35.5. The molecule has 2 aromatic heterocycles. The maximum atomic E-state index is 8.95. The van der Waals surface area contributed by atoms with Crippen LogP contribution in [0.1, 0.15) is 36.5 Å². The van der Waals surface area contributed by atoms with E-state index in [0.717, 1.165) is 11.4 Å². The maximum absolute atomic E-state index is 8.95. The summed E-state index contributed by atoms with van der Waals surface area (Å²) in [6.07, 6.45) is 5.34. The summed E-state index contributed by atoms with van der Waals surface area (Å²) in [5, 5.41) is 12.8. The minimum absolute atomic E-state index is 0. The number of likely N-dealkylation sites (tertiary alicyclic amines) is 1. The van der Waals surface area contributed by atoms with Gasteiger partial charge in [-0.3, -0.25) is 4.90 Å². The molecule has 0 radical (unpaired) electrons. The van der Waals surface area contributed by atoms with E-state index < -0.39 is 0 Å². The Kier molecular flexibility index (Phi) is 6.17. The van der Waals surface area contributed by atoms with Gasteiger partial charge in [-0.1, -0.05) is 18.0 Å². The molecule has 0 bridgehead atoms. The molecule has 3 rings (SSSR count). The molecule has 5 nitrogen and oxygen atoms in total. The number of hydrogen-bond donors (Lipinski definition) is 1. The first kappa shape index (κ1) is 16.4. The van der Waals surface area contributed by atoms with Crippen LogP contribution in [0.4, 0.5) is 0 Å². The van der Waals surface area contributed by atoms with Gasteiger partial charge in [-0.25, -0.2) is 0 Å². The van der Waals surface area contributed by atoms with Gasteiger partial charge in [0.25, 0.3) is 5.89 Å². The van der Waals surface area contributed by atoms with Crippen molar-refractivity contribution in [3.05, 3.63) is 22.9 Å². The van der Waals surface area contributed by atoms with E-state index in [1.54, 1.807) is 11.3 Å². The number of aromatic nitrogens is 2. The second kappa shape index (κ2) is 7.89. The van der Waals surface area contributed by atoms with Crippen molar-refractivity contribution in [2.45, 2.75) is 38.8 Å². The van der Waals surface area contributed by atoms with E-state index in [9.17, 15) is 0 Å². The third kappa shape index (κ3) is 4.26. The zero-order valence-electron chi connectivity index (χ0n) is 11.8. The van der Waals surface area contributed by atoms with E-state index in [1.807, 2.05) is 6.07 Å². The Hall–Kier alpha value is -0.950. The molecule has 1 saturated heterocycles. The third-order valence-electron chi connectivity index (χ3n) is 3.56. The standard InChI is InChI=1S/C14H19N3O2S.ClH/c18-10-13-15-14(16-19-13)12-6-5-11(20-12)9-17-7-3-1-2-4-8-17;/h5-6,18H,1-4,7-10H2;1H. The molecule has 0 amide bonds. The van der Waals surface area contributed by atoms with E-state index in [1.165, 1.54) is 43.6 Å². The van der Waals surface area contributed by atoms with Crippen molar-refractivity contribution in [1.29, 1.82) is 0 Å². The minimum Gasteiger partial charge on any atom is -0.387 e. The summed E-state index contributed by atoms with van der Waals surface area (Å²) in [4.78, 5) is 9.00. The molecule has 0 unspecified atom stereocenters. The fourth-order valence-corrected chi connectivity index (χ4v) is 3.49. The Morgan fingerprint density at radius 1 is 1.19 bits per heavy atom. The zero-order chi connectivity index (χ0) is 13.8. The molecule has 0 aliphatic carbocycles. The van der Waals surface area contributed by atoms with Gasteiger partial charge in [0.1, 0.15) is 6.61 Å². The average Bonchev–Trinajstić information content (AvgIpc) is 3.04. The van der Waals surface area contributed by atoms with Gasteiger partial charge in [0.2, 0.25) is 5.82 Å². The number of thiophene rings is 1. The number of halogens is 1. The van der Waals surface area contributed by atoms with Crippen LogP contribution < -0.4 is 0 Å². The quantitative estimate of drug-likeness (QED) is 0.934. The zero-order valence-corrected chi connectivity index (χ0v) is 13.5. The molecule has 21 heavy (non-hydrogen) atoms. The molecule has 1 N–H and O–H groups in total. The van der Waals surface area contributed by atoms with Crippen LogP contribution >= 0.6 is 23.7 Å². The van der Waals surface area contributed by atoms with Crippen LogP contribution in [-0.4, -0.2) is 33.2 Å². The summed E-state index contributed by atoms with van der Waals surface area (Å²) >= 11 is 1.70. The van der Waals surface area contributed by atoms with Crippen LogP contribution in [0.2, 0.25) is 0 Å². The number of hydrogen-bond acceptors (Lipinski definition) is 6. The maximum Gasteiger partial charge on any atom is 0.252 e. The predicted molar refractivity (Wildman–Crippen MR) is 84.5 cm³/mol. The molecular formula is C14H20ClN3O2S. The van der Waals surface area contributed by atoms with E-state index in [-0.39, 0.29) is 24.9 Å².